The molecule has 3 rings (SSSR count). The van der Waals surface area contributed by atoms with Gasteiger partial charge in [-0.15, -0.1) is 12.4 Å². The molecule has 0 unspecified atom stereocenters. The molecule has 1 aliphatic rings. The Bertz CT molecular complexity index is 847. The van der Waals surface area contributed by atoms with Gasteiger partial charge in [0.05, 0.1) is 23.8 Å². The van der Waals surface area contributed by atoms with Crippen LogP contribution in [-0.2, 0) is 4.79 Å². The molecular formula is C23H29ClN2O5. The quantitative estimate of drug-likeness (QED) is 0.574. The Kier molecular flexibility index (Phi) is 9.30. The number of halogens is 1. The Hall–Kier alpha value is -2.61. The minimum absolute atomic E-state index is 0. The molecule has 168 valence electrons. The molecule has 0 bridgehead atoms. The van der Waals surface area contributed by atoms with E-state index >= 15 is 0 Å². The number of carboxylic acid groups (broad SMARTS) is 1. The van der Waals surface area contributed by atoms with E-state index in [1.54, 1.807) is 12.1 Å². The average Bonchev–Trinajstić information content (AvgIpc) is 2.74. The SMILES string of the molecule is C[C@H](NC(=O)[C@H]1CC[C@H](O)CN1CCOc1ccccc1)c1ccc(C(=O)O)cc1.Cl. The van der Waals surface area contributed by atoms with Crippen molar-refractivity contribution in [2.75, 3.05) is 19.7 Å². The van der Waals surface area contributed by atoms with Crippen molar-refractivity contribution >= 4 is 24.3 Å². The van der Waals surface area contributed by atoms with Crippen LogP contribution in [0.15, 0.2) is 54.6 Å². The molecule has 1 heterocycles. The van der Waals surface area contributed by atoms with Gasteiger partial charge in [0, 0.05) is 13.1 Å². The third-order valence-corrected chi connectivity index (χ3v) is 5.37. The fourth-order valence-electron chi connectivity index (χ4n) is 3.67. The zero-order valence-corrected chi connectivity index (χ0v) is 18.3. The molecule has 1 fully saturated rings. The number of para-hydroxylation sites is 1. The second kappa shape index (κ2) is 11.7. The summed E-state index contributed by atoms with van der Waals surface area (Å²) in [6.45, 7) is 3.25. The van der Waals surface area contributed by atoms with Crippen LogP contribution in [-0.4, -0.2) is 58.8 Å². The zero-order valence-electron chi connectivity index (χ0n) is 17.4. The van der Waals surface area contributed by atoms with Gasteiger partial charge in [-0.3, -0.25) is 9.69 Å². The first-order valence-corrected chi connectivity index (χ1v) is 10.2. The number of piperidine rings is 1. The molecule has 7 nitrogen and oxygen atoms in total. The Balaban J connectivity index is 0.00000341. The number of amides is 1. The maximum Gasteiger partial charge on any atom is 0.335 e. The third-order valence-electron chi connectivity index (χ3n) is 5.37. The minimum atomic E-state index is -0.979. The maximum absolute atomic E-state index is 12.9. The van der Waals surface area contributed by atoms with Gasteiger partial charge < -0.3 is 20.3 Å². The van der Waals surface area contributed by atoms with Gasteiger partial charge in [0.15, 0.2) is 0 Å². The first kappa shape index (κ1) is 24.7. The largest absolute Gasteiger partial charge is 0.492 e. The van der Waals surface area contributed by atoms with Gasteiger partial charge in [-0.05, 0) is 49.6 Å². The molecule has 0 radical (unpaired) electrons. The van der Waals surface area contributed by atoms with Crippen molar-refractivity contribution in [3.63, 3.8) is 0 Å². The van der Waals surface area contributed by atoms with Gasteiger partial charge in [-0.25, -0.2) is 4.79 Å². The highest BCUT2D eigenvalue weighted by Gasteiger charge is 2.32. The molecule has 0 aromatic heterocycles. The van der Waals surface area contributed by atoms with E-state index < -0.39 is 12.1 Å². The van der Waals surface area contributed by atoms with Crippen molar-refractivity contribution in [1.29, 1.82) is 0 Å². The minimum Gasteiger partial charge on any atom is -0.492 e. The molecule has 3 atom stereocenters. The monoisotopic (exact) mass is 448 g/mol. The van der Waals surface area contributed by atoms with Crippen molar-refractivity contribution in [3.8, 4) is 5.75 Å². The molecule has 31 heavy (non-hydrogen) atoms. The lowest BCUT2D eigenvalue weighted by molar-refractivity contribution is -0.130. The van der Waals surface area contributed by atoms with Crippen LogP contribution in [0.5, 0.6) is 5.75 Å². The highest BCUT2D eigenvalue weighted by Crippen LogP contribution is 2.20. The highest BCUT2D eigenvalue weighted by molar-refractivity contribution is 5.87. The van der Waals surface area contributed by atoms with Gasteiger partial charge in [-0.2, -0.15) is 0 Å². The first-order chi connectivity index (χ1) is 14.4. The first-order valence-electron chi connectivity index (χ1n) is 10.2. The molecule has 1 saturated heterocycles. The molecule has 2 aromatic rings. The Morgan fingerprint density at radius 3 is 2.45 bits per heavy atom. The van der Waals surface area contributed by atoms with Crippen LogP contribution < -0.4 is 10.1 Å². The number of aromatic carboxylic acids is 1. The van der Waals surface area contributed by atoms with Crippen LogP contribution in [0.2, 0.25) is 0 Å². The second-order valence-electron chi connectivity index (χ2n) is 7.56. The van der Waals surface area contributed by atoms with Crippen molar-refractivity contribution in [1.82, 2.24) is 10.2 Å². The predicted molar refractivity (Wildman–Crippen MR) is 120 cm³/mol. The number of rotatable bonds is 8. The van der Waals surface area contributed by atoms with Gasteiger partial charge in [-0.1, -0.05) is 30.3 Å². The summed E-state index contributed by atoms with van der Waals surface area (Å²) in [5.41, 5.74) is 1.05. The van der Waals surface area contributed by atoms with Crippen molar-refractivity contribution in [3.05, 3.63) is 65.7 Å². The average molecular weight is 449 g/mol. The number of hydrogen-bond acceptors (Lipinski definition) is 5. The summed E-state index contributed by atoms with van der Waals surface area (Å²) in [6, 6.07) is 15.4. The third kappa shape index (κ3) is 6.95. The number of carbonyl (C=O) groups excluding carboxylic acids is 1. The lowest BCUT2D eigenvalue weighted by Gasteiger charge is -2.37. The number of carbonyl (C=O) groups is 2. The number of benzene rings is 2. The molecular weight excluding hydrogens is 420 g/mol. The Morgan fingerprint density at radius 2 is 1.81 bits per heavy atom. The van der Waals surface area contributed by atoms with E-state index in [-0.39, 0.29) is 36.0 Å². The van der Waals surface area contributed by atoms with Crippen LogP contribution in [0.3, 0.4) is 0 Å². The normalized spacial score (nSPS) is 19.7. The van der Waals surface area contributed by atoms with Gasteiger partial charge in [0.2, 0.25) is 5.91 Å². The number of aliphatic hydroxyl groups is 1. The molecule has 1 aliphatic heterocycles. The van der Waals surface area contributed by atoms with Crippen molar-refractivity contribution in [2.45, 2.75) is 38.0 Å². The second-order valence-corrected chi connectivity index (χ2v) is 7.56. The number of ether oxygens (including phenoxy) is 1. The number of nitrogens with one attached hydrogen (secondary N) is 1. The Morgan fingerprint density at radius 1 is 1.13 bits per heavy atom. The number of carboxylic acids is 1. The lowest BCUT2D eigenvalue weighted by Crippen LogP contribution is -2.54. The number of aliphatic hydroxyl groups excluding tert-OH is 1. The lowest BCUT2D eigenvalue weighted by atomic mass is 9.98. The summed E-state index contributed by atoms with van der Waals surface area (Å²) in [4.78, 5) is 25.9. The van der Waals surface area contributed by atoms with Crippen LogP contribution in [0, 0.1) is 0 Å². The number of likely N-dealkylation sites (tertiary alicyclic amines) is 1. The van der Waals surface area contributed by atoms with E-state index in [4.69, 9.17) is 9.84 Å². The molecule has 1 amide bonds. The number of hydrogen-bond donors (Lipinski definition) is 3. The zero-order chi connectivity index (χ0) is 21.5. The molecule has 0 aliphatic carbocycles. The number of β-amino-alcohol motifs (C(OH)–C–C–N with tert-alkyl or cyclic N) is 1. The molecule has 0 saturated carbocycles. The summed E-state index contributed by atoms with van der Waals surface area (Å²) in [5, 5.41) is 22.1. The standard InChI is InChI=1S/C23H28N2O5.ClH/c1-16(17-7-9-18(10-8-17)23(28)29)24-22(27)21-12-11-19(26)15-25(21)13-14-30-20-5-3-2-4-6-20;/h2-10,16,19,21,26H,11-15H2,1H3,(H,24,27)(H,28,29);1H/t16-,19-,21+;/m0./s1. The Labute approximate surface area is 188 Å². The molecule has 2 aromatic carbocycles. The fourth-order valence-corrected chi connectivity index (χ4v) is 3.67. The molecule has 8 heteroatoms. The van der Waals surface area contributed by atoms with E-state index in [2.05, 4.69) is 5.32 Å². The molecule has 0 spiro atoms. The smallest absolute Gasteiger partial charge is 0.335 e. The van der Waals surface area contributed by atoms with E-state index in [1.165, 1.54) is 12.1 Å². The van der Waals surface area contributed by atoms with E-state index in [0.717, 1.165) is 11.3 Å². The van der Waals surface area contributed by atoms with E-state index in [9.17, 15) is 14.7 Å². The van der Waals surface area contributed by atoms with Crippen LogP contribution in [0.1, 0.15) is 41.7 Å². The maximum atomic E-state index is 12.9. The number of nitrogens with zero attached hydrogens (tertiary/aromatic N) is 1. The van der Waals surface area contributed by atoms with Crippen molar-refractivity contribution < 1.29 is 24.5 Å². The van der Waals surface area contributed by atoms with Gasteiger partial charge in [0.1, 0.15) is 12.4 Å². The molecule has 3 N–H and O–H groups in total. The summed E-state index contributed by atoms with van der Waals surface area (Å²) < 4.78 is 5.75. The summed E-state index contributed by atoms with van der Waals surface area (Å²) in [7, 11) is 0. The van der Waals surface area contributed by atoms with Crippen LogP contribution in [0.25, 0.3) is 0 Å². The van der Waals surface area contributed by atoms with Crippen LogP contribution in [0.4, 0.5) is 0 Å². The van der Waals surface area contributed by atoms with E-state index in [1.807, 2.05) is 42.2 Å². The predicted octanol–water partition coefficient (Wildman–Crippen LogP) is 2.89. The summed E-state index contributed by atoms with van der Waals surface area (Å²) in [5.74, 6) is -0.307. The van der Waals surface area contributed by atoms with E-state index in [0.29, 0.717) is 32.5 Å². The fraction of sp³-hybridized carbons (Fsp3) is 0.391. The van der Waals surface area contributed by atoms with Crippen molar-refractivity contribution in [2.24, 2.45) is 0 Å². The van der Waals surface area contributed by atoms with Gasteiger partial charge in [0.25, 0.3) is 0 Å². The summed E-state index contributed by atoms with van der Waals surface area (Å²) >= 11 is 0. The topological polar surface area (TPSA) is 99.1 Å². The summed E-state index contributed by atoms with van der Waals surface area (Å²) in [6.07, 6.45) is 0.700. The highest BCUT2D eigenvalue weighted by atomic mass is 35.5. The van der Waals surface area contributed by atoms with Crippen LogP contribution >= 0.6 is 12.4 Å². The van der Waals surface area contributed by atoms with Gasteiger partial charge >= 0.3 is 5.97 Å².